The van der Waals surface area contributed by atoms with Gasteiger partial charge < -0.3 is 4.74 Å². The number of halogens is 1. The number of carbonyl (C=O) groups is 1. The Morgan fingerprint density at radius 2 is 1.95 bits per heavy atom. The SMILES string of the molecule is CCCOc1ccc(/C=N/NC(=O)c2ccccc2Cl)cc1. The molecule has 0 unspecified atom stereocenters. The largest absolute Gasteiger partial charge is 0.494 e. The van der Waals surface area contributed by atoms with Crippen LogP contribution in [0.25, 0.3) is 0 Å². The molecule has 0 saturated heterocycles. The fraction of sp³-hybridized carbons (Fsp3) is 0.176. The third-order valence-electron chi connectivity index (χ3n) is 2.85. The van der Waals surface area contributed by atoms with Crippen molar-refractivity contribution < 1.29 is 9.53 Å². The summed E-state index contributed by atoms with van der Waals surface area (Å²) in [6.45, 7) is 2.75. The predicted molar refractivity (Wildman–Crippen MR) is 88.7 cm³/mol. The van der Waals surface area contributed by atoms with Crippen LogP contribution in [0.5, 0.6) is 5.75 Å². The van der Waals surface area contributed by atoms with Crippen LogP contribution in [0, 0.1) is 0 Å². The third-order valence-corrected chi connectivity index (χ3v) is 3.18. The van der Waals surface area contributed by atoms with Crippen LogP contribution in [-0.4, -0.2) is 18.7 Å². The van der Waals surface area contributed by atoms with Gasteiger partial charge in [-0.05, 0) is 48.4 Å². The summed E-state index contributed by atoms with van der Waals surface area (Å²) in [5, 5.41) is 4.32. The van der Waals surface area contributed by atoms with Crippen molar-refractivity contribution in [2.24, 2.45) is 5.10 Å². The van der Waals surface area contributed by atoms with E-state index in [9.17, 15) is 4.79 Å². The van der Waals surface area contributed by atoms with Crippen molar-refractivity contribution in [3.8, 4) is 5.75 Å². The van der Waals surface area contributed by atoms with Crippen molar-refractivity contribution in [2.75, 3.05) is 6.61 Å². The first-order chi connectivity index (χ1) is 10.7. The van der Waals surface area contributed by atoms with Crippen molar-refractivity contribution in [2.45, 2.75) is 13.3 Å². The first-order valence-electron chi connectivity index (χ1n) is 7.01. The van der Waals surface area contributed by atoms with Gasteiger partial charge >= 0.3 is 0 Å². The lowest BCUT2D eigenvalue weighted by Gasteiger charge is -2.04. The molecule has 0 saturated carbocycles. The number of benzene rings is 2. The molecule has 0 aliphatic heterocycles. The number of ether oxygens (including phenoxy) is 1. The van der Waals surface area contributed by atoms with E-state index in [1.807, 2.05) is 24.3 Å². The molecule has 22 heavy (non-hydrogen) atoms. The molecule has 0 aliphatic rings. The summed E-state index contributed by atoms with van der Waals surface area (Å²) in [7, 11) is 0. The molecule has 1 amide bonds. The van der Waals surface area contributed by atoms with Crippen LogP contribution < -0.4 is 10.2 Å². The van der Waals surface area contributed by atoms with Gasteiger partial charge in [-0.2, -0.15) is 5.10 Å². The average Bonchev–Trinajstić information content (AvgIpc) is 2.54. The van der Waals surface area contributed by atoms with Crippen LogP contribution in [0.15, 0.2) is 53.6 Å². The lowest BCUT2D eigenvalue weighted by atomic mass is 10.2. The molecule has 4 nitrogen and oxygen atoms in total. The van der Waals surface area contributed by atoms with E-state index in [2.05, 4.69) is 17.5 Å². The normalized spacial score (nSPS) is 10.6. The Morgan fingerprint density at radius 3 is 2.64 bits per heavy atom. The number of hydrogen-bond donors (Lipinski definition) is 1. The maximum Gasteiger partial charge on any atom is 0.272 e. The molecule has 0 spiro atoms. The zero-order chi connectivity index (χ0) is 15.8. The van der Waals surface area contributed by atoms with Crippen LogP contribution >= 0.6 is 11.6 Å². The number of hydrogen-bond acceptors (Lipinski definition) is 3. The first-order valence-corrected chi connectivity index (χ1v) is 7.39. The molecule has 0 heterocycles. The van der Waals surface area contributed by atoms with Crippen molar-refractivity contribution >= 4 is 23.7 Å². The second kappa shape index (κ2) is 8.20. The quantitative estimate of drug-likeness (QED) is 0.649. The molecule has 0 bridgehead atoms. The Balaban J connectivity index is 1.92. The first kappa shape index (κ1) is 16.0. The molecule has 114 valence electrons. The van der Waals surface area contributed by atoms with Gasteiger partial charge in [-0.15, -0.1) is 0 Å². The Labute approximate surface area is 134 Å². The Kier molecular flexibility index (Phi) is 5.98. The Hall–Kier alpha value is -2.33. The maximum absolute atomic E-state index is 11.9. The number of amides is 1. The van der Waals surface area contributed by atoms with E-state index in [4.69, 9.17) is 16.3 Å². The lowest BCUT2D eigenvalue weighted by molar-refractivity contribution is 0.0955. The molecular weight excluding hydrogens is 300 g/mol. The lowest BCUT2D eigenvalue weighted by Crippen LogP contribution is -2.17. The van der Waals surface area contributed by atoms with E-state index in [1.54, 1.807) is 30.5 Å². The van der Waals surface area contributed by atoms with Gasteiger partial charge in [0, 0.05) is 0 Å². The highest BCUT2D eigenvalue weighted by Gasteiger charge is 2.07. The molecule has 0 atom stereocenters. The molecule has 5 heteroatoms. The molecule has 2 aromatic rings. The maximum atomic E-state index is 11.9. The van der Waals surface area contributed by atoms with E-state index < -0.39 is 0 Å². The van der Waals surface area contributed by atoms with Gasteiger partial charge in [0.2, 0.25) is 0 Å². The number of carbonyl (C=O) groups excluding carboxylic acids is 1. The Bertz CT molecular complexity index is 654. The fourth-order valence-electron chi connectivity index (χ4n) is 1.74. The average molecular weight is 317 g/mol. The van der Waals surface area contributed by atoms with Crippen LogP contribution in [0.1, 0.15) is 29.3 Å². The minimum atomic E-state index is -0.343. The molecule has 0 radical (unpaired) electrons. The van der Waals surface area contributed by atoms with Crippen LogP contribution in [0.3, 0.4) is 0 Å². The van der Waals surface area contributed by atoms with Crippen molar-refractivity contribution in [3.63, 3.8) is 0 Å². The highest BCUT2D eigenvalue weighted by atomic mass is 35.5. The van der Waals surface area contributed by atoms with Gasteiger partial charge in [-0.1, -0.05) is 30.7 Å². The molecular formula is C17H17ClN2O2. The van der Waals surface area contributed by atoms with Crippen LogP contribution in [0.4, 0.5) is 0 Å². The molecule has 2 aromatic carbocycles. The van der Waals surface area contributed by atoms with Gasteiger partial charge in [0.25, 0.3) is 5.91 Å². The second-order valence-corrected chi connectivity index (χ2v) is 5.00. The van der Waals surface area contributed by atoms with Crippen molar-refractivity contribution in [1.29, 1.82) is 0 Å². The van der Waals surface area contributed by atoms with Gasteiger partial charge in [0.05, 0.1) is 23.4 Å². The second-order valence-electron chi connectivity index (χ2n) is 4.60. The number of nitrogens with zero attached hydrogens (tertiary/aromatic N) is 1. The molecule has 0 fully saturated rings. The Morgan fingerprint density at radius 1 is 1.23 bits per heavy atom. The summed E-state index contributed by atoms with van der Waals surface area (Å²) >= 11 is 5.95. The van der Waals surface area contributed by atoms with E-state index in [1.165, 1.54) is 0 Å². The number of nitrogens with one attached hydrogen (secondary N) is 1. The summed E-state index contributed by atoms with van der Waals surface area (Å²) in [5.74, 6) is 0.476. The van der Waals surface area contributed by atoms with Crippen LogP contribution in [0.2, 0.25) is 5.02 Å². The van der Waals surface area contributed by atoms with Crippen molar-refractivity contribution in [1.82, 2.24) is 5.43 Å². The summed E-state index contributed by atoms with van der Waals surface area (Å²) < 4.78 is 5.49. The molecule has 2 rings (SSSR count). The minimum absolute atomic E-state index is 0.343. The topological polar surface area (TPSA) is 50.7 Å². The zero-order valence-corrected chi connectivity index (χ0v) is 13.0. The summed E-state index contributed by atoms with van der Waals surface area (Å²) in [6.07, 6.45) is 2.54. The van der Waals surface area contributed by atoms with E-state index in [0.717, 1.165) is 17.7 Å². The highest BCUT2D eigenvalue weighted by Crippen LogP contribution is 2.14. The molecule has 0 aliphatic carbocycles. The monoisotopic (exact) mass is 316 g/mol. The smallest absolute Gasteiger partial charge is 0.272 e. The van der Waals surface area contributed by atoms with Gasteiger partial charge in [0.1, 0.15) is 5.75 Å². The summed E-state index contributed by atoms with van der Waals surface area (Å²) in [6, 6.07) is 14.3. The zero-order valence-electron chi connectivity index (χ0n) is 12.3. The number of rotatable bonds is 6. The molecule has 0 aromatic heterocycles. The van der Waals surface area contributed by atoms with Crippen LogP contribution in [-0.2, 0) is 0 Å². The summed E-state index contributed by atoms with van der Waals surface area (Å²) in [5.41, 5.74) is 3.71. The van der Waals surface area contributed by atoms with Crippen molar-refractivity contribution in [3.05, 3.63) is 64.7 Å². The standard InChI is InChI=1S/C17H17ClN2O2/c1-2-11-22-14-9-7-13(8-10-14)12-19-20-17(21)15-5-3-4-6-16(15)18/h3-10,12H,2,11H2,1H3,(H,20,21)/b19-12+. The van der Waals surface area contributed by atoms with E-state index >= 15 is 0 Å². The number of hydrazone groups is 1. The van der Waals surface area contributed by atoms with E-state index in [-0.39, 0.29) is 5.91 Å². The predicted octanol–water partition coefficient (Wildman–Crippen LogP) is 3.89. The van der Waals surface area contributed by atoms with Gasteiger partial charge in [0.15, 0.2) is 0 Å². The third kappa shape index (κ3) is 4.60. The highest BCUT2D eigenvalue weighted by molar-refractivity contribution is 6.33. The fourth-order valence-corrected chi connectivity index (χ4v) is 1.96. The van der Waals surface area contributed by atoms with Gasteiger partial charge in [-0.3, -0.25) is 4.79 Å². The minimum Gasteiger partial charge on any atom is -0.494 e. The summed E-state index contributed by atoms with van der Waals surface area (Å²) in [4.78, 5) is 11.9. The molecule has 1 N–H and O–H groups in total. The van der Waals surface area contributed by atoms with Gasteiger partial charge in [-0.25, -0.2) is 5.43 Å². The van der Waals surface area contributed by atoms with E-state index in [0.29, 0.717) is 17.2 Å².